The van der Waals surface area contributed by atoms with Gasteiger partial charge in [0.05, 0.1) is 22.2 Å². The number of fused-ring (bicyclic) bond motifs is 2. The smallest absolute Gasteiger partial charge is 0.239 e. The lowest BCUT2D eigenvalue weighted by molar-refractivity contribution is 0.171. The van der Waals surface area contributed by atoms with Gasteiger partial charge in [0.25, 0.3) is 0 Å². The highest BCUT2D eigenvalue weighted by Gasteiger charge is 2.35. The van der Waals surface area contributed by atoms with E-state index in [1.54, 1.807) is 30.3 Å². The zero-order valence-corrected chi connectivity index (χ0v) is 21.2. The first-order chi connectivity index (χ1) is 16.4. The van der Waals surface area contributed by atoms with Gasteiger partial charge in [-0.3, -0.25) is 4.31 Å². The molecule has 0 spiro atoms. The first kappa shape index (κ1) is 24.3. The zero-order valence-electron chi connectivity index (χ0n) is 19.6. The van der Waals surface area contributed by atoms with Crippen molar-refractivity contribution in [3.05, 3.63) is 77.9 Å². The van der Waals surface area contributed by atoms with Gasteiger partial charge < -0.3 is 9.47 Å². The molecule has 0 fully saturated rings. The molecule has 2 aliphatic rings. The molecule has 2 heterocycles. The Balaban J connectivity index is 0.00000133. The van der Waals surface area contributed by atoms with Crippen LogP contribution in [0.25, 0.3) is 0 Å². The predicted molar refractivity (Wildman–Crippen MR) is 135 cm³/mol. The summed E-state index contributed by atoms with van der Waals surface area (Å²) in [7, 11) is -4.96. The van der Waals surface area contributed by atoms with Crippen LogP contribution in [0, 0.1) is 0 Å². The van der Waals surface area contributed by atoms with E-state index in [1.165, 1.54) is 4.31 Å². The zero-order chi connectivity index (χ0) is 24.3. The van der Waals surface area contributed by atoms with Gasteiger partial charge in [-0.2, -0.15) is 0 Å². The quantitative estimate of drug-likeness (QED) is 0.498. The third-order valence-corrected chi connectivity index (χ3v) is 8.86. The van der Waals surface area contributed by atoms with Crippen LogP contribution in [0.3, 0.4) is 0 Å². The first-order valence-electron chi connectivity index (χ1n) is 11.4. The van der Waals surface area contributed by atoms with Crippen molar-refractivity contribution in [2.24, 2.45) is 0 Å². The summed E-state index contributed by atoms with van der Waals surface area (Å²) >= 11 is 0. The Morgan fingerprint density at radius 3 is 2.29 bits per heavy atom. The fourth-order valence-corrected chi connectivity index (χ4v) is 7.22. The largest absolute Gasteiger partial charge is 0.486 e. The van der Waals surface area contributed by atoms with Crippen molar-refractivity contribution in [3.63, 3.8) is 0 Å². The maximum Gasteiger partial charge on any atom is 0.239 e. The molecule has 5 rings (SSSR count). The minimum absolute atomic E-state index is 0.0531. The Morgan fingerprint density at radius 1 is 0.912 bits per heavy atom. The van der Waals surface area contributed by atoms with E-state index < -0.39 is 20.8 Å². The van der Waals surface area contributed by atoms with Crippen molar-refractivity contribution < 1.29 is 22.1 Å². The van der Waals surface area contributed by atoms with Crippen LogP contribution < -0.4 is 13.8 Å². The highest BCUT2D eigenvalue weighted by molar-refractivity contribution is 7.92. The molecule has 0 aromatic heterocycles. The Kier molecular flexibility index (Phi) is 7.28. The Hall–Kier alpha value is -2.84. The van der Waals surface area contributed by atoms with Gasteiger partial charge in [-0.1, -0.05) is 44.2 Å². The van der Waals surface area contributed by atoms with Crippen LogP contribution in [0.15, 0.2) is 76.5 Å². The second-order valence-corrected chi connectivity index (χ2v) is 11.3. The summed E-state index contributed by atoms with van der Waals surface area (Å²) in [6.07, 6.45) is 0.579. The number of sulfonamides is 1. The van der Waals surface area contributed by atoms with Crippen molar-refractivity contribution >= 4 is 26.5 Å². The molecule has 2 aliphatic heterocycles. The van der Waals surface area contributed by atoms with Crippen LogP contribution >= 0.6 is 0 Å². The lowest BCUT2D eigenvalue weighted by Gasteiger charge is -2.24. The molecule has 0 bridgehead atoms. The Bertz CT molecular complexity index is 1290. The van der Waals surface area contributed by atoms with E-state index in [1.807, 2.05) is 57.2 Å². The molecule has 8 heteroatoms. The normalized spacial score (nSPS) is 17.4. The van der Waals surface area contributed by atoms with Crippen LogP contribution in [0.2, 0.25) is 0 Å². The summed E-state index contributed by atoms with van der Waals surface area (Å²) in [6.45, 7) is 6.87. The second kappa shape index (κ2) is 10.2. The predicted octanol–water partition coefficient (Wildman–Crippen LogP) is 4.93. The van der Waals surface area contributed by atoms with Crippen molar-refractivity contribution in [1.29, 1.82) is 0 Å². The highest BCUT2D eigenvalue weighted by Crippen LogP contribution is 2.38. The van der Waals surface area contributed by atoms with E-state index in [4.69, 9.17) is 9.47 Å². The molecular formula is C26H29NO5S2. The standard InChI is InChI=1S/C24H23NO5S2.C2H6/c1-17-13-19-14-20(31(26)21-8-10-23-24(15-21)30-12-11-29-23)7-9-22(19)25(17)32(27,28)16-18-5-3-2-4-6-18;1-2/h2-10,14-15,17H,11-13,16H2,1H3;1-2H3. The number of nitrogens with zero attached hydrogens (tertiary/aromatic N) is 1. The van der Waals surface area contributed by atoms with Gasteiger partial charge in [0.15, 0.2) is 11.5 Å². The minimum atomic E-state index is -3.54. The third-order valence-electron chi connectivity index (χ3n) is 5.64. The summed E-state index contributed by atoms with van der Waals surface area (Å²) in [5, 5.41) is 0. The Labute approximate surface area is 204 Å². The van der Waals surface area contributed by atoms with E-state index >= 15 is 0 Å². The average Bonchev–Trinajstić information content (AvgIpc) is 3.20. The molecular weight excluding hydrogens is 470 g/mol. The number of rotatable bonds is 5. The maximum atomic E-state index is 13.2. The molecule has 6 nitrogen and oxygen atoms in total. The monoisotopic (exact) mass is 499 g/mol. The van der Waals surface area contributed by atoms with Gasteiger partial charge in [0, 0.05) is 21.9 Å². The maximum absolute atomic E-state index is 13.2. The fourth-order valence-electron chi connectivity index (χ4n) is 4.25. The van der Waals surface area contributed by atoms with Crippen molar-refractivity contribution in [3.8, 4) is 11.5 Å². The van der Waals surface area contributed by atoms with Crippen LogP contribution in [-0.4, -0.2) is 31.9 Å². The molecule has 0 saturated heterocycles. The van der Waals surface area contributed by atoms with E-state index in [2.05, 4.69) is 0 Å². The molecule has 0 amide bonds. The molecule has 0 aliphatic carbocycles. The molecule has 0 N–H and O–H groups in total. The van der Waals surface area contributed by atoms with Gasteiger partial charge in [0.1, 0.15) is 13.2 Å². The summed E-state index contributed by atoms with van der Waals surface area (Å²) < 4.78 is 52.2. The molecule has 3 aromatic carbocycles. The SMILES string of the molecule is CC.CC1Cc2cc(S(=O)c3ccc4c(c3)OCCO4)ccc2N1S(=O)(=O)Cc1ccccc1. The molecule has 34 heavy (non-hydrogen) atoms. The molecule has 2 unspecified atom stereocenters. The van der Waals surface area contributed by atoms with Crippen molar-refractivity contribution in [2.75, 3.05) is 17.5 Å². The molecule has 2 atom stereocenters. The van der Waals surface area contributed by atoms with Crippen molar-refractivity contribution in [2.45, 2.75) is 48.8 Å². The summed E-state index contributed by atoms with van der Waals surface area (Å²) in [5.41, 5.74) is 2.30. The lowest BCUT2D eigenvalue weighted by atomic mass is 10.1. The second-order valence-electron chi connectivity index (χ2n) is 7.96. The number of benzene rings is 3. The topological polar surface area (TPSA) is 72.9 Å². The molecule has 180 valence electrons. The van der Waals surface area contributed by atoms with E-state index in [0.29, 0.717) is 46.6 Å². The number of ether oxygens (including phenoxy) is 2. The minimum Gasteiger partial charge on any atom is -0.486 e. The van der Waals surface area contributed by atoms with Crippen LogP contribution in [0.4, 0.5) is 5.69 Å². The number of hydrogen-bond donors (Lipinski definition) is 0. The van der Waals surface area contributed by atoms with Gasteiger partial charge in [0.2, 0.25) is 10.0 Å². The van der Waals surface area contributed by atoms with E-state index in [-0.39, 0.29) is 11.8 Å². The first-order valence-corrected chi connectivity index (χ1v) is 14.2. The Morgan fingerprint density at radius 2 is 1.56 bits per heavy atom. The van der Waals surface area contributed by atoms with Gasteiger partial charge >= 0.3 is 0 Å². The molecule has 3 aromatic rings. The van der Waals surface area contributed by atoms with Crippen LogP contribution in [0.5, 0.6) is 11.5 Å². The van der Waals surface area contributed by atoms with E-state index in [9.17, 15) is 12.6 Å². The number of hydrogen-bond acceptors (Lipinski definition) is 5. The van der Waals surface area contributed by atoms with Crippen molar-refractivity contribution in [1.82, 2.24) is 0 Å². The molecule has 0 saturated carbocycles. The van der Waals surface area contributed by atoms with E-state index in [0.717, 1.165) is 11.1 Å². The third kappa shape index (κ3) is 4.83. The number of anilines is 1. The summed E-state index contributed by atoms with van der Waals surface area (Å²) in [4.78, 5) is 1.25. The summed E-state index contributed by atoms with van der Waals surface area (Å²) in [5.74, 6) is 1.19. The average molecular weight is 500 g/mol. The van der Waals surface area contributed by atoms with Gasteiger partial charge in [-0.05, 0) is 54.8 Å². The van der Waals surface area contributed by atoms with Gasteiger partial charge in [-0.15, -0.1) is 0 Å². The molecule has 0 radical (unpaired) electrons. The van der Waals surface area contributed by atoms with Crippen LogP contribution in [-0.2, 0) is 33.0 Å². The summed E-state index contributed by atoms with van der Waals surface area (Å²) in [6, 6.07) is 19.7. The fraction of sp³-hybridized carbons (Fsp3) is 0.308. The van der Waals surface area contributed by atoms with Crippen LogP contribution in [0.1, 0.15) is 31.9 Å². The lowest BCUT2D eigenvalue weighted by Crippen LogP contribution is -2.36. The van der Waals surface area contributed by atoms with Gasteiger partial charge in [-0.25, -0.2) is 12.6 Å². The highest BCUT2D eigenvalue weighted by atomic mass is 32.2.